The van der Waals surface area contributed by atoms with Gasteiger partial charge in [0.25, 0.3) is 10.0 Å². The molecule has 4 heterocycles. The third-order valence-corrected chi connectivity index (χ3v) is 7.78. The Hall–Kier alpha value is -3.38. The summed E-state index contributed by atoms with van der Waals surface area (Å²) in [5.74, 6) is 0.969. The summed E-state index contributed by atoms with van der Waals surface area (Å²) in [5, 5.41) is 10.6. The van der Waals surface area contributed by atoms with Gasteiger partial charge in [-0.15, -0.1) is 0 Å². The average Bonchev–Trinajstić information content (AvgIpc) is 3.33. The van der Waals surface area contributed by atoms with Crippen LogP contribution in [0.5, 0.6) is 0 Å². The molecular formula is C19H22N8O3S. The number of para-hydroxylation sites is 1. The Morgan fingerprint density at radius 3 is 2.77 bits per heavy atom. The zero-order valence-electron chi connectivity index (χ0n) is 17.0. The molecule has 3 aromatic rings. The summed E-state index contributed by atoms with van der Waals surface area (Å²) in [6.07, 6.45) is 1.56. The predicted molar refractivity (Wildman–Crippen MR) is 113 cm³/mol. The topological polar surface area (TPSA) is 160 Å². The van der Waals surface area contributed by atoms with Gasteiger partial charge >= 0.3 is 0 Å². The van der Waals surface area contributed by atoms with E-state index < -0.39 is 16.2 Å². The first-order valence-electron chi connectivity index (χ1n) is 9.74. The van der Waals surface area contributed by atoms with Gasteiger partial charge < -0.3 is 20.9 Å². The van der Waals surface area contributed by atoms with E-state index in [1.165, 1.54) is 4.31 Å². The minimum absolute atomic E-state index is 0.0738. The third kappa shape index (κ3) is 2.90. The van der Waals surface area contributed by atoms with E-state index in [4.69, 9.17) is 16.0 Å². The summed E-state index contributed by atoms with van der Waals surface area (Å²) >= 11 is 0. The van der Waals surface area contributed by atoms with Crippen molar-refractivity contribution >= 4 is 27.5 Å². The van der Waals surface area contributed by atoms with Crippen molar-refractivity contribution < 1.29 is 12.9 Å². The standard InChI is InChI=1S/C19H22N8O3S/c1-10-16(11(2)30-25-10)31(28,29)26-9-13(7-12-5-3-4-6-15(12)26)27-17(20)14-8-22-24-18(14)23-19(27)21/h3-6,8,13,17H,7,9,20H2,1-2H3,(H3,21,22,23,24). The molecule has 0 bridgehead atoms. The molecule has 5 N–H and O–H groups in total. The van der Waals surface area contributed by atoms with E-state index >= 15 is 0 Å². The zero-order chi connectivity index (χ0) is 21.9. The Bertz CT molecular complexity index is 1280. The molecular weight excluding hydrogens is 420 g/mol. The molecule has 0 amide bonds. The van der Waals surface area contributed by atoms with Crippen LogP contribution in [0, 0.1) is 13.8 Å². The smallest absolute Gasteiger partial charge is 0.269 e. The molecule has 2 aliphatic heterocycles. The Morgan fingerprint density at radius 1 is 1.26 bits per heavy atom. The highest BCUT2D eigenvalue weighted by Gasteiger charge is 2.41. The van der Waals surface area contributed by atoms with Crippen molar-refractivity contribution in [1.82, 2.24) is 20.3 Å². The van der Waals surface area contributed by atoms with Gasteiger partial charge in [-0.05, 0) is 31.9 Å². The van der Waals surface area contributed by atoms with E-state index in [9.17, 15) is 8.42 Å². The summed E-state index contributed by atoms with van der Waals surface area (Å²) in [4.78, 5) is 6.19. The molecule has 2 unspecified atom stereocenters. The van der Waals surface area contributed by atoms with E-state index in [0.717, 1.165) is 5.56 Å². The molecule has 5 rings (SSSR count). The minimum Gasteiger partial charge on any atom is -0.369 e. The lowest BCUT2D eigenvalue weighted by Gasteiger charge is -2.44. The highest BCUT2D eigenvalue weighted by Crippen LogP contribution is 2.38. The Labute approximate surface area is 178 Å². The number of guanidine groups is 1. The van der Waals surface area contributed by atoms with Gasteiger partial charge in [0.2, 0.25) is 0 Å². The van der Waals surface area contributed by atoms with Gasteiger partial charge in [0.15, 0.2) is 22.4 Å². The maximum atomic E-state index is 13.7. The van der Waals surface area contributed by atoms with Crippen molar-refractivity contribution in [2.45, 2.75) is 37.4 Å². The maximum Gasteiger partial charge on any atom is 0.269 e. The van der Waals surface area contributed by atoms with Gasteiger partial charge in [-0.1, -0.05) is 23.4 Å². The molecule has 0 aliphatic carbocycles. The second-order valence-corrected chi connectivity index (χ2v) is 9.47. The molecule has 0 spiro atoms. The summed E-state index contributed by atoms with van der Waals surface area (Å²) in [7, 11) is -3.94. The van der Waals surface area contributed by atoms with E-state index in [0.29, 0.717) is 29.2 Å². The molecule has 2 aliphatic rings. The number of fused-ring (bicyclic) bond motifs is 2. The highest BCUT2D eigenvalue weighted by molar-refractivity contribution is 7.93. The monoisotopic (exact) mass is 442 g/mol. The fourth-order valence-electron chi connectivity index (χ4n) is 4.38. The summed E-state index contributed by atoms with van der Waals surface area (Å²) in [6, 6.07) is 7.05. The van der Waals surface area contributed by atoms with Crippen LogP contribution in [0.1, 0.15) is 28.7 Å². The Morgan fingerprint density at radius 2 is 2.03 bits per heavy atom. The number of hydrogen-bond donors (Lipinski definition) is 3. The van der Waals surface area contributed by atoms with Gasteiger partial charge in [0.1, 0.15) is 11.9 Å². The highest BCUT2D eigenvalue weighted by atomic mass is 32.2. The fourth-order valence-corrected chi connectivity index (χ4v) is 6.21. The maximum absolute atomic E-state index is 13.7. The third-order valence-electron chi connectivity index (χ3n) is 5.76. The molecule has 0 saturated heterocycles. The molecule has 1 aromatic carbocycles. The molecule has 162 valence electrons. The number of sulfonamides is 1. The van der Waals surface area contributed by atoms with Crippen LogP contribution in [0.3, 0.4) is 0 Å². The van der Waals surface area contributed by atoms with E-state index in [1.807, 2.05) is 18.2 Å². The van der Waals surface area contributed by atoms with Crippen LogP contribution in [0.2, 0.25) is 0 Å². The first kappa shape index (κ1) is 19.6. The molecule has 2 aromatic heterocycles. The van der Waals surface area contributed by atoms with Crippen molar-refractivity contribution in [1.29, 1.82) is 0 Å². The van der Waals surface area contributed by atoms with Gasteiger partial charge in [-0.3, -0.25) is 9.40 Å². The number of benzene rings is 1. The van der Waals surface area contributed by atoms with Crippen LogP contribution in [0.25, 0.3) is 0 Å². The number of nitrogens with two attached hydrogens (primary N) is 2. The van der Waals surface area contributed by atoms with Crippen LogP contribution in [-0.4, -0.2) is 47.2 Å². The summed E-state index contributed by atoms with van der Waals surface area (Å²) in [6.45, 7) is 3.34. The molecule has 0 saturated carbocycles. The van der Waals surface area contributed by atoms with E-state index in [1.54, 1.807) is 31.0 Å². The molecule has 12 heteroatoms. The second-order valence-electron chi connectivity index (χ2n) is 7.67. The van der Waals surface area contributed by atoms with Crippen LogP contribution in [0.4, 0.5) is 11.5 Å². The molecule has 0 radical (unpaired) electrons. The number of anilines is 1. The van der Waals surface area contributed by atoms with Crippen molar-refractivity contribution in [3.05, 3.63) is 53.0 Å². The first-order valence-corrected chi connectivity index (χ1v) is 11.2. The number of hydrogen-bond acceptors (Lipinski definition) is 9. The zero-order valence-corrected chi connectivity index (χ0v) is 17.8. The predicted octanol–water partition coefficient (Wildman–Crippen LogP) is 1.05. The number of aromatic amines is 1. The normalized spacial score (nSPS) is 20.9. The number of nitrogens with zero attached hydrogens (tertiary/aromatic N) is 5. The lowest BCUT2D eigenvalue weighted by Crippen LogP contribution is -2.57. The minimum atomic E-state index is -3.94. The van der Waals surface area contributed by atoms with Crippen LogP contribution in [0.15, 0.2) is 44.9 Å². The number of aromatic nitrogens is 3. The molecule has 2 atom stereocenters. The van der Waals surface area contributed by atoms with Crippen LogP contribution in [-0.2, 0) is 16.4 Å². The van der Waals surface area contributed by atoms with Gasteiger partial charge in [0.05, 0.1) is 30.0 Å². The van der Waals surface area contributed by atoms with Crippen molar-refractivity contribution in [2.75, 3.05) is 10.8 Å². The van der Waals surface area contributed by atoms with Crippen molar-refractivity contribution in [3.8, 4) is 0 Å². The average molecular weight is 443 g/mol. The quantitative estimate of drug-likeness (QED) is 0.543. The number of H-pyrrole nitrogens is 1. The summed E-state index contributed by atoms with van der Waals surface area (Å²) in [5.41, 5.74) is 15.2. The number of nitrogens with one attached hydrogen (secondary N) is 1. The van der Waals surface area contributed by atoms with Crippen LogP contribution < -0.4 is 15.8 Å². The van der Waals surface area contributed by atoms with Gasteiger partial charge in [-0.2, -0.15) is 10.1 Å². The molecule has 31 heavy (non-hydrogen) atoms. The SMILES string of the molecule is Cc1noc(C)c1S(=O)(=O)N1CC(N2C(N)=Nc3[nH]ncc3C2N)Cc2ccccc21. The lowest BCUT2D eigenvalue weighted by atomic mass is 9.97. The number of aryl methyl sites for hydroxylation is 2. The van der Waals surface area contributed by atoms with Gasteiger partial charge in [0, 0.05) is 0 Å². The van der Waals surface area contributed by atoms with E-state index in [2.05, 4.69) is 20.3 Å². The largest absolute Gasteiger partial charge is 0.369 e. The van der Waals surface area contributed by atoms with Crippen LogP contribution >= 0.6 is 0 Å². The van der Waals surface area contributed by atoms with Gasteiger partial charge in [-0.25, -0.2) is 8.42 Å². The summed E-state index contributed by atoms with van der Waals surface area (Å²) < 4.78 is 33.9. The molecule has 0 fully saturated rings. The molecule has 11 nitrogen and oxygen atoms in total. The lowest BCUT2D eigenvalue weighted by molar-refractivity contribution is 0.233. The fraction of sp³-hybridized carbons (Fsp3) is 0.316. The Balaban J connectivity index is 1.60. The number of aliphatic imine (C=N–C) groups is 1. The van der Waals surface area contributed by atoms with Crippen molar-refractivity contribution in [2.24, 2.45) is 16.5 Å². The first-order chi connectivity index (χ1) is 14.8. The van der Waals surface area contributed by atoms with E-state index in [-0.39, 0.29) is 29.2 Å². The Kier molecular flexibility index (Phi) is 4.31. The number of rotatable bonds is 3. The second kappa shape index (κ2) is 6.82. The van der Waals surface area contributed by atoms with Crippen molar-refractivity contribution in [3.63, 3.8) is 0 Å².